The standard InChI is InChI=1S/C13H11NO6S/c1-2-21(18,19)10-5-3-9(4-6-10)13(17)20-14-11(15)7-8-12(14)16/h2-8,15-16H,1H2. The van der Waals surface area contributed by atoms with Crippen LogP contribution in [0.1, 0.15) is 10.4 Å². The van der Waals surface area contributed by atoms with E-state index in [4.69, 9.17) is 4.84 Å². The van der Waals surface area contributed by atoms with Crippen LogP contribution in [0.2, 0.25) is 0 Å². The molecule has 0 bridgehead atoms. The number of nitrogens with zero attached hydrogens (tertiary/aromatic N) is 1. The quantitative estimate of drug-likeness (QED) is 0.875. The largest absolute Gasteiger partial charge is 0.492 e. The van der Waals surface area contributed by atoms with Gasteiger partial charge >= 0.3 is 5.97 Å². The second-order valence-electron chi connectivity index (χ2n) is 3.96. The molecule has 21 heavy (non-hydrogen) atoms. The Labute approximate surface area is 120 Å². The molecule has 2 rings (SSSR count). The third-order valence-corrected chi connectivity index (χ3v) is 3.98. The maximum absolute atomic E-state index is 11.8. The molecule has 110 valence electrons. The van der Waals surface area contributed by atoms with Gasteiger partial charge in [-0.05, 0) is 24.3 Å². The normalized spacial score (nSPS) is 11.0. The highest BCUT2D eigenvalue weighted by molar-refractivity contribution is 7.94. The summed E-state index contributed by atoms with van der Waals surface area (Å²) in [6, 6.07) is 7.23. The van der Waals surface area contributed by atoms with Crippen LogP contribution in [-0.2, 0) is 9.84 Å². The Kier molecular flexibility index (Phi) is 3.72. The summed E-state index contributed by atoms with van der Waals surface area (Å²) >= 11 is 0. The molecule has 7 nitrogen and oxygen atoms in total. The number of aromatic nitrogens is 1. The fraction of sp³-hybridized carbons (Fsp3) is 0. The van der Waals surface area contributed by atoms with Gasteiger partial charge in [0, 0.05) is 17.5 Å². The van der Waals surface area contributed by atoms with Gasteiger partial charge in [-0.2, -0.15) is 0 Å². The second kappa shape index (κ2) is 5.33. The Morgan fingerprint density at radius 2 is 1.62 bits per heavy atom. The lowest BCUT2D eigenvalue weighted by atomic mass is 10.2. The number of sulfone groups is 1. The van der Waals surface area contributed by atoms with E-state index in [-0.39, 0.29) is 10.5 Å². The van der Waals surface area contributed by atoms with E-state index >= 15 is 0 Å². The number of rotatable bonds is 4. The Balaban J connectivity index is 2.23. The van der Waals surface area contributed by atoms with Crippen molar-refractivity contribution >= 4 is 15.8 Å². The minimum atomic E-state index is -3.58. The SMILES string of the molecule is C=CS(=O)(=O)c1ccc(C(=O)On2c(O)ccc2O)cc1. The molecule has 2 N–H and O–H groups in total. The van der Waals surface area contributed by atoms with Crippen molar-refractivity contribution in [2.75, 3.05) is 0 Å². The summed E-state index contributed by atoms with van der Waals surface area (Å²) in [5, 5.41) is 19.5. The highest BCUT2D eigenvalue weighted by atomic mass is 32.2. The van der Waals surface area contributed by atoms with E-state index in [1.54, 1.807) is 0 Å². The first-order chi connectivity index (χ1) is 9.85. The molecule has 0 unspecified atom stereocenters. The van der Waals surface area contributed by atoms with Crippen molar-refractivity contribution in [2.45, 2.75) is 4.90 Å². The van der Waals surface area contributed by atoms with Gasteiger partial charge in [0.05, 0.1) is 10.5 Å². The highest BCUT2D eigenvalue weighted by Crippen LogP contribution is 2.19. The predicted molar refractivity (Wildman–Crippen MR) is 72.5 cm³/mol. The van der Waals surface area contributed by atoms with Gasteiger partial charge in [-0.3, -0.25) is 0 Å². The lowest BCUT2D eigenvalue weighted by Crippen LogP contribution is -2.19. The number of carbonyl (C=O) groups excluding carboxylic acids is 1. The fourth-order valence-electron chi connectivity index (χ4n) is 1.51. The van der Waals surface area contributed by atoms with Gasteiger partial charge in [-0.1, -0.05) is 6.58 Å². The van der Waals surface area contributed by atoms with Gasteiger partial charge in [-0.15, -0.1) is 4.73 Å². The summed E-state index contributed by atoms with van der Waals surface area (Å²) in [7, 11) is -3.58. The van der Waals surface area contributed by atoms with Crippen LogP contribution >= 0.6 is 0 Å². The first kappa shape index (κ1) is 14.7. The Hall–Kier alpha value is -2.74. The van der Waals surface area contributed by atoms with Crippen molar-refractivity contribution < 1.29 is 28.3 Å². The lowest BCUT2D eigenvalue weighted by molar-refractivity contribution is 0.0381. The zero-order chi connectivity index (χ0) is 15.6. The zero-order valence-electron chi connectivity index (χ0n) is 10.6. The smallest absolute Gasteiger partial charge is 0.363 e. The molecule has 0 amide bonds. The highest BCUT2D eigenvalue weighted by Gasteiger charge is 2.15. The molecule has 8 heteroatoms. The topological polar surface area (TPSA) is 106 Å². The molecule has 0 aliphatic carbocycles. The molecule has 0 spiro atoms. The third-order valence-electron chi connectivity index (χ3n) is 2.61. The maximum atomic E-state index is 11.8. The maximum Gasteiger partial charge on any atom is 0.363 e. The van der Waals surface area contributed by atoms with Crippen molar-refractivity contribution in [1.82, 2.24) is 4.73 Å². The van der Waals surface area contributed by atoms with Crippen molar-refractivity contribution in [1.29, 1.82) is 0 Å². The summed E-state index contributed by atoms with van der Waals surface area (Å²) in [5.41, 5.74) is 0.0468. The van der Waals surface area contributed by atoms with Crippen LogP contribution < -0.4 is 4.84 Å². The van der Waals surface area contributed by atoms with Crippen LogP contribution in [0.3, 0.4) is 0 Å². The molecular formula is C13H11NO6S. The van der Waals surface area contributed by atoms with Gasteiger partial charge < -0.3 is 15.1 Å². The molecule has 1 aromatic carbocycles. The summed E-state index contributed by atoms with van der Waals surface area (Å²) in [6.07, 6.45) is 0. The molecular weight excluding hydrogens is 298 g/mol. The average Bonchev–Trinajstić information content (AvgIpc) is 2.79. The van der Waals surface area contributed by atoms with Crippen LogP contribution in [0.4, 0.5) is 0 Å². The van der Waals surface area contributed by atoms with Crippen molar-refractivity contribution in [3.8, 4) is 11.8 Å². The number of hydrogen-bond donors (Lipinski definition) is 2. The molecule has 0 atom stereocenters. The average molecular weight is 309 g/mol. The number of benzene rings is 1. The van der Waals surface area contributed by atoms with E-state index < -0.39 is 27.6 Å². The van der Waals surface area contributed by atoms with Gasteiger partial charge in [0.2, 0.25) is 11.8 Å². The van der Waals surface area contributed by atoms with Crippen LogP contribution in [0, 0.1) is 0 Å². The van der Waals surface area contributed by atoms with E-state index in [0.717, 1.165) is 17.5 Å². The molecule has 2 aromatic rings. The molecule has 0 saturated heterocycles. The Morgan fingerprint density at radius 3 is 2.10 bits per heavy atom. The Bertz CT molecular complexity index is 769. The summed E-state index contributed by atoms with van der Waals surface area (Å²) < 4.78 is 23.6. The summed E-state index contributed by atoms with van der Waals surface area (Å²) in [4.78, 5) is 16.6. The first-order valence-corrected chi connectivity index (χ1v) is 7.20. The summed E-state index contributed by atoms with van der Waals surface area (Å²) in [6.45, 7) is 3.20. The molecule has 0 saturated carbocycles. The van der Waals surface area contributed by atoms with Gasteiger partial charge in [0.25, 0.3) is 0 Å². The van der Waals surface area contributed by atoms with Crippen LogP contribution in [0.5, 0.6) is 11.8 Å². The van der Waals surface area contributed by atoms with E-state index in [2.05, 4.69) is 6.58 Å². The van der Waals surface area contributed by atoms with Crippen molar-refractivity contribution in [3.05, 3.63) is 53.9 Å². The molecule has 1 aromatic heterocycles. The van der Waals surface area contributed by atoms with E-state index in [0.29, 0.717) is 4.73 Å². The summed E-state index contributed by atoms with van der Waals surface area (Å²) in [5.74, 6) is -1.78. The van der Waals surface area contributed by atoms with Crippen LogP contribution in [-0.4, -0.2) is 29.3 Å². The molecule has 0 fully saturated rings. The van der Waals surface area contributed by atoms with Gasteiger partial charge in [0.1, 0.15) is 0 Å². The van der Waals surface area contributed by atoms with Gasteiger partial charge in [-0.25, -0.2) is 13.2 Å². The zero-order valence-corrected chi connectivity index (χ0v) is 11.4. The van der Waals surface area contributed by atoms with Crippen molar-refractivity contribution in [3.63, 3.8) is 0 Å². The molecule has 0 aliphatic rings. The minimum Gasteiger partial charge on any atom is -0.492 e. The monoisotopic (exact) mass is 309 g/mol. The Morgan fingerprint density at radius 1 is 1.10 bits per heavy atom. The van der Waals surface area contributed by atoms with Crippen LogP contribution in [0.15, 0.2) is 53.3 Å². The van der Waals surface area contributed by atoms with Crippen molar-refractivity contribution in [2.24, 2.45) is 0 Å². The fourth-order valence-corrected chi connectivity index (χ4v) is 2.22. The van der Waals surface area contributed by atoms with Crippen LogP contribution in [0.25, 0.3) is 0 Å². The minimum absolute atomic E-state index is 0.0132. The number of hydrogen-bond acceptors (Lipinski definition) is 6. The number of carbonyl (C=O) groups is 1. The predicted octanol–water partition coefficient (Wildman–Crippen LogP) is 1.09. The molecule has 0 radical (unpaired) electrons. The van der Waals surface area contributed by atoms with Gasteiger partial charge in [0.15, 0.2) is 9.84 Å². The van der Waals surface area contributed by atoms with E-state index in [9.17, 15) is 23.4 Å². The first-order valence-electron chi connectivity index (χ1n) is 5.65. The number of aromatic hydroxyl groups is 2. The van der Waals surface area contributed by atoms with E-state index in [1.165, 1.54) is 24.3 Å². The third kappa shape index (κ3) is 2.90. The van der Waals surface area contributed by atoms with E-state index in [1.807, 2.05) is 0 Å². The molecule has 1 heterocycles. The lowest BCUT2D eigenvalue weighted by Gasteiger charge is -2.07. The second-order valence-corrected chi connectivity index (χ2v) is 5.85. The molecule has 0 aliphatic heterocycles.